The van der Waals surface area contributed by atoms with Gasteiger partial charge in [0.25, 0.3) is 5.56 Å². The highest BCUT2D eigenvalue weighted by Gasteiger charge is 2.21. The van der Waals surface area contributed by atoms with E-state index in [-0.39, 0.29) is 5.56 Å². The Morgan fingerprint density at radius 3 is 2.35 bits per heavy atom. The van der Waals surface area contributed by atoms with Crippen molar-refractivity contribution in [2.75, 3.05) is 23.7 Å². The summed E-state index contributed by atoms with van der Waals surface area (Å²) in [4.78, 5) is 17.4. The first-order chi connectivity index (χ1) is 15.2. The third-order valence-electron chi connectivity index (χ3n) is 6.47. The van der Waals surface area contributed by atoms with Crippen LogP contribution in [0.3, 0.4) is 0 Å². The molecular formula is C27H27N3O. The molecule has 1 saturated heterocycles. The molecule has 1 aliphatic rings. The Bertz CT molecular complexity index is 1250. The maximum Gasteiger partial charge on any atom is 0.255 e. The van der Waals surface area contributed by atoms with Gasteiger partial charge in [0.05, 0.1) is 11.4 Å². The highest BCUT2D eigenvalue weighted by molar-refractivity contribution is 5.96. The number of rotatable bonds is 4. The van der Waals surface area contributed by atoms with Gasteiger partial charge < -0.3 is 15.6 Å². The number of nitrogens with two attached hydrogens (primary N) is 1. The van der Waals surface area contributed by atoms with Gasteiger partial charge in [0.2, 0.25) is 0 Å². The van der Waals surface area contributed by atoms with Crippen molar-refractivity contribution in [3.8, 4) is 11.1 Å². The second-order valence-electron chi connectivity index (χ2n) is 8.47. The average Bonchev–Trinajstić information content (AvgIpc) is 2.81. The summed E-state index contributed by atoms with van der Waals surface area (Å²) in [5, 5.41) is 1.64. The summed E-state index contributed by atoms with van der Waals surface area (Å²) in [6, 6.07) is 24.7. The van der Waals surface area contributed by atoms with Crippen LogP contribution in [-0.4, -0.2) is 18.1 Å². The molecule has 1 aromatic heterocycles. The van der Waals surface area contributed by atoms with Crippen molar-refractivity contribution < 1.29 is 0 Å². The normalized spacial score (nSPS) is 14.8. The maximum atomic E-state index is 12.1. The Balaban J connectivity index is 1.34. The average molecular weight is 410 g/mol. The number of nitrogen functional groups attached to an aromatic ring is 1. The molecule has 1 fully saturated rings. The molecule has 4 aromatic rings. The number of hydrogen-bond donors (Lipinski definition) is 2. The lowest BCUT2D eigenvalue weighted by Gasteiger charge is -2.34. The van der Waals surface area contributed by atoms with E-state index in [1.54, 1.807) is 6.20 Å². The van der Waals surface area contributed by atoms with Gasteiger partial charge in [-0.1, -0.05) is 54.6 Å². The van der Waals surface area contributed by atoms with Gasteiger partial charge in [-0.15, -0.1) is 0 Å². The van der Waals surface area contributed by atoms with E-state index in [0.29, 0.717) is 5.39 Å². The highest BCUT2D eigenvalue weighted by atomic mass is 16.1. The summed E-state index contributed by atoms with van der Waals surface area (Å²) in [7, 11) is 0. The molecule has 1 aliphatic heterocycles. The monoisotopic (exact) mass is 409 g/mol. The molecule has 0 unspecified atom stereocenters. The van der Waals surface area contributed by atoms with E-state index in [4.69, 9.17) is 5.73 Å². The van der Waals surface area contributed by atoms with Gasteiger partial charge in [0.15, 0.2) is 0 Å². The second kappa shape index (κ2) is 8.31. The minimum Gasteiger partial charge on any atom is -0.397 e. The van der Waals surface area contributed by atoms with Crippen molar-refractivity contribution in [1.82, 2.24) is 4.98 Å². The minimum absolute atomic E-state index is 0.0673. The van der Waals surface area contributed by atoms with Gasteiger partial charge in [0.1, 0.15) is 0 Å². The molecule has 0 atom stereocenters. The van der Waals surface area contributed by atoms with Crippen molar-refractivity contribution in [3.63, 3.8) is 0 Å². The summed E-state index contributed by atoms with van der Waals surface area (Å²) in [6.45, 7) is 2.06. The van der Waals surface area contributed by atoms with Crippen LogP contribution in [0.15, 0.2) is 83.8 Å². The van der Waals surface area contributed by atoms with Gasteiger partial charge in [-0.2, -0.15) is 0 Å². The highest BCUT2D eigenvalue weighted by Crippen LogP contribution is 2.34. The first kappa shape index (κ1) is 19.4. The molecule has 0 radical (unpaired) electrons. The molecule has 3 aromatic carbocycles. The van der Waals surface area contributed by atoms with E-state index < -0.39 is 0 Å². The SMILES string of the molecule is Nc1cc(-c2c[nH]c(=O)c3ccccc23)ccc1N1CCC(Cc2ccccc2)CC1. The lowest BCUT2D eigenvalue weighted by molar-refractivity contribution is 0.404. The molecule has 2 heterocycles. The zero-order valence-corrected chi connectivity index (χ0v) is 17.6. The van der Waals surface area contributed by atoms with Crippen LogP contribution in [0.25, 0.3) is 21.9 Å². The Labute approximate surface area is 182 Å². The van der Waals surface area contributed by atoms with Crippen LogP contribution in [0.4, 0.5) is 11.4 Å². The fourth-order valence-corrected chi connectivity index (χ4v) is 4.78. The molecule has 0 aliphatic carbocycles. The topological polar surface area (TPSA) is 62.1 Å². The van der Waals surface area contributed by atoms with Gasteiger partial charge >= 0.3 is 0 Å². The molecule has 0 amide bonds. The minimum atomic E-state index is -0.0673. The Hall–Kier alpha value is -3.53. The Morgan fingerprint density at radius 2 is 1.61 bits per heavy atom. The van der Waals surface area contributed by atoms with Crippen LogP contribution in [0.2, 0.25) is 0 Å². The van der Waals surface area contributed by atoms with Crippen LogP contribution in [-0.2, 0) is 6.42 Å². The number of nitrogens with zero attached hydrogens (tertiary/aromatic N) is 1. The zero-order valence-electron chi connectivity index (χ0n) is 17.6. The van der Waals surface area contributed by atoms with E-state index in [0.717, 1.165) is 53.3 Å². The van der Waals surface area contributed by atoms with E-state index in [9.17, 15) is 4.79 Å². The zero-order chi connectivity index (χ0) is 21.2. The molecule has 0 bridgehead atoms. The lowest BCUT2D eigenvalue weighted by atomic mass is 9.90. The number of pyridine rings is 1. The molecule has 31 heavy (non-hydrogen) atoms. The van der Waals surface area contributed by atoms with Crippen LogP contribution in [0.1, 0.15) is 18.4 Å². The number of hydrogen-bond acceptors (Lipinski definition) is 3. The number of piperidine rings is 1. The largest absolute Gasteiger partial charge is 0.397 e. The molecular weight excluding hydrogens is 382 g/mol. The first-order valence-electron chi connectivity index (χ1n) is 11.0. The number of H-pyrrole nitrogens is 1. The lowest BCUT2D eigenvalue weighted by Crippen LogP contribution is -2.34. The fourth-order valence-electron chi connectivity index (χ4n) is 4.78. The third kappa shape index (κ3) is 3.93. The molecule has 0 spiro atoms. The van der Waals surface area contributed by atoms with Crippen molar-refractivity contribution in [2.45, 2.75) is 19.3 Å². The van der Waals surface area contributed by atoms with Gasteiger partial charge in [-0.25, -0.2) is 0 Å². The summed E-state index contributed by atoms with van der Waals surface area (Å²) in [5.41, 5.74) is 11.8. The predicted molar refractivity (Wildman–Crippen MR) is 130 cm³/mol. The molecule has 4 heteroatoms. The smallest absolute Gasteiger partial charge is 0.255 e. The van der Waals surface area contributed by atoms with Crippen LogP contribution in [0.5, 0.6) is 0 Å². The summed E-state index contributed by atoms with van der Waals surface area (Å²) >= 11 is 0. The van der Waals surface area contributed by atoms with Gasteiger partial charge in [-0.3, -0.25) is 4.79 Å². The quantitative estimate of drug-likeness (QED) is 0.453. The van der Waals surface area contributed by atoms with Crippen LogP contribution in [0, 0.1) is 5.92 Å². The molecule has 0 saturated carbocycles. The van der Waals surface area contributed by atoms with Gasteiger partial charge in [-0.05, 0) is 59.9 Å². The second-order valence-corrected chi connectivity index (χ2v) is 8.47. The van der Waals surface area contributed by atoms with Crippen molar-refractivity contribution in [2.24, 2.45) is 5.92 Å². The maximum absolute atomic E-state index is 12.1. The third-order valence-corrected chi connectivity index (χ3v) is 6.47. The number of aromatic amines is 1. The molecule has 4 nitrogen and oxygen atoms in total. The fraction of sp³-hybridized carbons (Fsp3) is 0.222. The number of aromatic nitrogens is 1. The standard InChI is InChI=1S/C27H27N3O/c28-25-17-21(24-18-29-27(31)23-9-5-4-8-22(23)24)10-11-26(25)30-14-12-20(13-15-30)16-19-6-2-1-3-7-19/h1-11,17-18,20H,12-16,28H2,(H,29,31). The molecule has 156 valence electrons. The Morgan fingerprint density at radius 1 is 0.903 bits per heavy atom. The number of benzene rings is 3. The van der Waals surface area contributed by atoms with Gasteiger partial charge in [0, 0.05) is 30.2 Å². The summed E-state index contributed by atoms with van der Waals surface area (Å²) < 4.78 is 0. The Kier molecular flexibility index (Phi) is 5.21. The number of anilines is 2. The van der Waals surface area contributed by atoms with E-state index >= 15 is 0 Å². The van der Waals surface area contributed by atoms with Crippen molar-refractivity contribution in [1.29, 1.82) is 0 Å². The first-order valence-corrected chi connectivity index (χ1v) is 11.0. The molecule has 5 rings (SSSR count). The van der Waals surface area contributed by atoms with Crippen LogP contribution < -0.4 is 16.2 Å². The number of fused-ring (bicyclic) bond motifs is 1. The number of nitrogens with one attached hydrogen (secondary N) is 1. The predicted octanol–water partition coefficient (Wildman–Crippen LogP) is 5.24. The van der Waals surface area contributed by atoms with Crippen molar-refractivity contribution in [3.05, 3.63) is 94.9 Å². The molecule has 3 N–H and O–H groups in total. The van der Waals surface area contributed by atoms with E-state index in [2.05, 4.69) is 52.3 Å². The van der Waals surface area contributed by atoms with E-state index in [1.165, 1.54) is 18.4 Å². The summed E-state index contributed by atoms with van der Waals surface area (Å²) in [6.07, 6.45) is 5.30. The summed E-state index contributed by atoms with van der Waals surface area (Å²) in [5.74, 6) is 0.728. The van der Waals surface area contributed by atoms with Crippen LogP contribution >= 0.6 is 0 Å². The van der Waals surface area contributed by atoms with Crippen molar-refractivity contribution >= 4 is 22.1 Å². The van der Waals surface area contributed by atoms with E-state index in [1.807, 2.05) is 30.3 Å².